The summed E-state index contributed by atoms with van der Waals surface area (Å²) in [5.41, 5.74) is 8.39. The summed E-state index contributed by atoms with van der Waals surface area (Å²) in [6, 6.07) is 3.03. The molecule has 0 saturated heterocycles. The molecule has 3 rings (SSSR count). The molecule has 2 heterocycles. The third-order valence-corrected chi connectivity index (χ3v) is 3.82. The van der Waals surface area contributed by atoms with Crippen LogP contribution in [-0.4, -0.2) is 15.0 Å². The number of nitrogens with one attached hydrogen (secondary N) is 1. The van der Waals surface area contributed by atoms with E-state index in [4.69, 9.17) is 5.73 Å². The number of H-pyrrole nitrogens is 1. The monoisotopic (exact) mass is 260 g/mol. The van der Waals surface area contributed by atoms with Gasteiger partial charge in [0.25, 0.3) is 0 Å². The maximum atomic E-state index is 12.9. The van der Waals surface area contributed by atoms with Crippen molar-refractivity contribution >= 4 is 0 Å². The van der Waals surface area contributed by atoms with Crippen molar-refractivity contribution in [3.63, 3.8) is 0 Å². The van der Waals surface area contributed by atoms with E-state index in [1.807, 2.05) is 6.92 Å². The molecule has 0 aliphatic heterocycles. The maximum absolute atomic E-state index is 12.9. The molecule has 0 aromatic carbocycles. The summed E-state index contributed by atoms with van der Waals surface area (Å²) in [6.45, 7) is 1.94. The Kier molecular flexibility index (Phi) is 2.86. The first kappa shape index (κ1) is 12.3. The Labute approximate surface area is 111 Å². The SMILES string of the molecule is Cc1[nH]c(C2(N)CCCC2)nc1-c1ccc(F)cn1. The van der Waals surface area contributed by atoms with Crippen molar-refractivity contribution in [1.29, 1.82) is 0 Å². The number of hydrogen-bond donors (Lipinski definition) is 2. The molecule has 3 N–H and O–H groups in total. The number of rotatable bonds is 2. The fourth-order valence-corrected chi connectivity index (χ4v) is 2.70. The van der Waals surface area contributed by atoms with E-state index in [1.54, 1.807) is 6.07 Å². The first-order valence-electron chi connectivity index (χ1n) is 6.56. The Morgan fingerprint density at radius 3 is 2.68 bits per heavy atom. The molecule has 0 atom stereocenters. The van der Waals surface area contributed by atoms with Crippen LogP contribution in [0.15, 0.2) is 18.3 Å². The van der Waals surface area contributed by atoms with Crippen molar-refractivity contribution < 1.29 is 4.39 Å². The van der Waals surface area contributed by atoms with E-state index in [9.17, 15) is 4.39 Å². The van der Waals surface area contributed by atoms with Crippen molar-refractivity contribution in [3.05, 3.63) is 35.7 Å². The molecule has 0 amide bonds. The molecule has 1 fully saturated rings. The van der Waals surface area contributed by atoms with E-state index < -0.39 is 0 Å². The van der Waals surface area contributed by atoms with Crippen LogP contribution >= 0.6 is 0 Å². The highest BCUT2D eigenvalue weighted by molar-refractivity contribution is 5.57. The summed E-state index contributed by atoms with van der Waals surface area (Å²) in [5.74, 6) is 0.479. The topological polar surface area (TPSA) is 67.6 Å². The zero-order chi connectivity index (χ0) is 13.5. The van der Waals surface area contributed by atoms with Crippen LogP contribution < -0.4 is 5.73 Å². The first-order valence-corrected chi connectivity index (χ1v) is 6.56. The Morgan fingerprint density at radius 2 is 2.05 bits per heavy atom. The van der Waals surface area contributed by atoms with Gasteiger partial charge in [-0.1, -0.05) is 12.8 Å². The molecule has 4 nitrogen and oxygen atoms in total. The van der Waals surface area contributed by atoms with Crippen molar-refractivity contribution in [2.24, 2.45) is 5.73 Å². The highest BCUT2D eigenvalue weighted by atomic mass is 19.1. The predicted octanol–water partition coefficient (Wildman–Crippen LogP) is 2.65. The number of aromatic amines is 1. The van der Waals surface area contributed by atoms with E-state index >= 15 is 0 Å². The van der Waals surface area contributed by atoms with Crippen molar-refractivity contribution in [2.45, 2.75) is 38.1 Å². The van der Waals surface area contributed by atoms with Gasteiger partial charge < -0.3 is 10.7 Å². The van der Waals surface area contributed by atoms with Gasteiger partial charge in [0.1, 0.15) is 17.3 Å². The highest BCUT2D eigenvalue weighted by Gasteiger charge is 2.34. The summed E-state index contributed by atoms with van der Waals surface area (Å²) in [5, 5.41) is 0. The van der Waals surface area contributed by atoms with Crippen LogP contribution in [0.5, 0.6) is 0 Å². The maximum Gasteiger partial charge on any atom is 0.141 e. The molecule has 2 aromatic heterocycles. The number of imidazole rings is 1. The van der Waals surface area contributed by atoms with Crippen LogP contribution in [0.3, 0.4) is 0 Å². The second kappa shape index (κ2) is 4.42. The van der Waals surface area contributed by atoms with Gasteiger partial charge in [-0.3, -0.25) is 4.98 Å². The van der Waals surface area contributed by atoms with Gasteiger partial charge in [0.05, 0.1) is 17.4 Å². The molecule has 0 spiro atoms. The Bertz CT molecular complexity index is 582. The number of halogens is 1. The van der Waals surface area contributed by atoms with E-state index in [1.165, 1.54) is 12.3 Å². The van der Waals surface area contributed by atoms with Crippen molar-refractivity contribution in [2.75, 3.05) is 0 Å². The van der Waals surface area contributed by atoms with Gasteiger partial charge >= 0.3 is 0 Å². The molecule has 0 bridgehead atoms. The third kappa shape index (κ3) is 2.14. The molecule has 2 aromatic rings. The molecule has 1 saturated carbocycles. The second-order valence-corrected chi connectivity index (χ2v) is 5.28. The van der Waals surface area contributed by atoms with Gasteiger partial charge in [0.2, 0.25) is 0 Å². The van der Waals surface area contributed by atoms with Crippen LogP contribution in [0, 0.1) is 12.7 Å². The molecular weight excluding hydrogens is 243 g/mol. The minimum absolute atomic E-state index is 0.344. The highest BCUT2D eigenvalue weighted by Crippen LogP contribution is 2.36. The molecule has 1 aliphatic rings. The average Bonchev–Trinajstić information content (AvgIpc) is 2.98. The van der Waals surface area contributed by atoms with E-state index in [2.05, 4.69) is 15.0 Å². The molecule has 100 valence electrons. The van der Waals surface area contributed by atoms with E-state index in [0.717, 1.165) is 42.9 Å². The predicted molar refractivity (Wildman–Crippen MR) is 70.8 cm³/mol. The zero-order valence-electron chi connectivity index (χ0n) is 10.9. The van der Waals surface area contributed by atoms with Gasteiger partial charge in [0.15, 0.2) is 0 Å². The van der Waals surface area contributed by atoms with Crippen LogP contribution in [0.4, 0.5) is 4.39 Å². The lowest BCUT2D eigenvalue weighted by atomic mass is 9.99. The molecular formula is C14H17FN4. The average molecular weight is 260 g/mol. The normalized spacial score (nSPS) is 17.8. The minimum atomic E-state index is -0.344. The van der Waals surface area contributed by atoms with Gasteiger partial charge in [0, 0.05) is 5.69 Å². The summed E-state index contributed by atoms with van der Waals surface area (Å²) in [7, 11) is 0. The molecule has 0 radical (unpaired) electrons. The van der Waals surface area contributed by atoms with Gasteiger partial charge in [-0.15, -0.1) is 0 Å². The molecule has 0 unspecified atom stereocenters. The van der Waals surface area contributed by atoms with Crippen LogP contribution in [0.2, 0.25) is 0 Å². The number of nitrogens with two attached hydrogens (primary N) is 1. The largest absolute Gasteiger partial charge is 0.344 e. The lowest BCUT2D eigenvalue weighted by Crippen LogP contribution is -2.34. The quantitative estimate of drug-likeness (QED) is 0.872. The standard InChI is InChI=1S/C14H17FN4/c1-9-12(11-5-4-10(15)8-17-11)19-13(18-9)14(16)6-2-3-7-14/h4-5,8H,2-3,6-7,16H2,1H3,(H,18,19). The van der Waals surface area contributed by atoms with Crippen molar-refractivity contribution in [1.82, 2.24) is 15.0 Å². The van der Waals surface area contributed by atoms with Crippen LogP contribution in [0.25, 0.3) is 11.4 Å². The third-order valence-electron chi connectivity index (χ3n) is 3.82. The fraction of sp³-hybridized carbons (Fsp3) is 0.429. The number of pyridine rings is 1. The minimum Gasteiger partial charge on any atom is -0.344 e. The summed E-state index contributed by atoms with van der Waals surface area (Å²) in [4.78, 5) is 11.9. The lowest BCUT2D eigenvalue weighted by molar-refractivity contribution is 0.435. The van der Waals surface area contributed by atoms with E-state index in [-0.39, 0.29) is 11.4 Å². The number of hydrogen-bond acceptors (Lipinski definition) is 3. The summed E-state index contributed by atoms with van der Waals surface area (Å²) >= 11 is 0. The molecule has 1 aliphatic carbocycles. The Balaban J connectivity index is 1.99. The Hall–Kier alpha value is -1.75. The first-order chi connectivity index (χ1) is 9.08. The fourth-order valence-electron chi connectivity index (χ4n) is 2.70. The molecule has 5 heteroatoms. The number of aryl methyl sites for hydroxylation is 1. The molecule has 19 heavy (non-hydrogen) atoms. The Morgan fingerprint density at radius 1 is 1.32 bits per heavy atom. The van der Waals surface area contributed by atoms with Crippen LogP contribution in [-0.2, 0) is 5.54 Å². The van der Waals surface area contributed by atoms with Gasteiger partial charge in [-0.25, -0.2) is 9.37 Å². The summed E-state index contributed by atoms with van der Waals surface area (Å²) < 4.78 is 12.9. The lowest BCUT2D eigenvalue weighted by Gasteiger charge is -2.20. The van der Waals surface area contributed by atoms with Crippen LogP contribution in [0.1, 0.15) is 37.2 Å². The second-order valence-electron chi connectivity index (χ2n) is 5.28. The van der Waals surface area contributed by atoms with Crippen molar-refractivity contribution in [3.8, 4) is 11.4 Å². The van der Waals surface area contributed by atoms with Gasteiger partial charge in [-0.05, 0) is 31.9 Å². The number of nitrogens with zero attached hydrogens (tertiary/aromatic N) is 2. The zero-order valence-corrected chi connectivity index (χ0v) is 10.9. The summed E-state index contributed by atoms with van der Waals surface area (Å²) in [6.07, 6.45) is 5.39. The van der Waals surface area contributed by atoms with E-state index in [0.29, 0.717) is 5.69 Å². The smallest absolute Gasteiger partial charge is 0.141 e. The number of aromatic nitrogens is 3. The van der Waals surface area contributed by atoms with Gasteiger partial charge in [-0.2, -0.15) is 0 Å².